The Bertz CT molecular complexity index is 597. The second-order valence-corrected chi connectivity index (χ2v) is 6.38. The van der Waals surface area contributed by atoms with Gasteiger partial charge in [0.1, 0.15) is 5.75 Å². The van der Waals surface area contributed by atoms with Gasteiger partial charge in [-0.25, -0.2) is 13.1 Å². The van der Waals surface area contributed by atoms with E-state index in [9.17, 15) is 13.2 Å². The third-order valence-electron chi connectivity index (χ3n) is 3.16. The minimum atomic E-state index is -3.75. The van der Waals surface area contributed by atoms with Crippen molar-refractivity contribution in [3.8, 4) is 5.75 Å². The molecule has 0 bridgehead atoms. The van der Waals surface area contributed by atoms with E-state index in [1.807, 2.05) is 0 Å². The third-order valence-corrected chi connectivity index (χ3v) is 4.71. The third kappa shape index (κ3) is 3.71. The average molecular weight is 301 g/mol. The first-order valence-electron chi connectivity index (χ1n) is 6.09. The Morgan fingerprint density at radius 3 is 2.40 bits per heavy atom. The minimum Gasteiger partial charge on any atom is -0.496 e. The smallest absolute Gasteiger partial charge is 0.307 e. The van der Waals surface area contributed by atoms with Crippen LogP contribution in [0.3, 0.4) is 0 Å². The van der Waals surface area contributed by atoms with Crippen molar-refractivity contribution in [2.75, 3.05) is 7.11 Å². The maximum absolute atomic E-state index is 12.2. The Hall–Kier alpha value is -1.60. The van der Waals surface area contributed by atoms with Crippen LogP contribution < -0.4 is 9.46 Å². The Kier molecular flexibility index (Phi) is 5.13. The van der Waals surface area contributed by atoms with Gasteiger partial charge in [0.2, 0.25) is 10.0 Å². The summed E-state index contributed by atoms with van der Waals surface area (Å²) in [5, 5.41) is 8.88. The fraction of sp³-hybridized carbons (Fsp3) is 0.462. The molecule has 0 saturated heterocycles. The fourth-order valence-electron chi connectivity index (χ4n) is 1.65. The zero-order chi connectivity index (χ0) is 15.5. The van der Waals surface area contributed by atoms with Gasteiger partial charge in [0.25, 0.3) is 0 Å². The van der Waals surface area contributed by atoms with Crippen LogP contribution in [0.2, 0.25) is 0 Å². The predicted molar refractivity (Wildman–Crippen MR) is 74.3 cm³/mol. The number of carbonyl (C=O) groups is 1. The van der Waals surface area contributed by atoms with Gasteiger partial charge in [0, 0.05) is 6.04 Å². The highest BCUT2D eigenvalue weighted by atomic mass is 32.2. The van der Waals surface area contributed by atoms with Crippen LogP contribution in [0.4, 0.5) is 0 Å². The maximum Gasteiger partial charge on any atom is 0.307 e. The summed E-state index contributed by atoms with van der Waals surface area (Å²) in [5.41, 5.74) is 0.689. The fourth-order valence-corrected chi connectivity index (χ4v) is 3.06. The first kappa shape index (κ1) is 16.5. The maximum atomic E-state index is 12.2. The first-order chi connectivity index (χ1) is 9.19. The number of hydrogen-bond donors (Lipinski definition) is 2. The van der Waals surface area contributed by atoms with Gasteiger partial charge in [0.05, 0.1) is 17.9 Å². The van der Waals surface area contributed by atoms with Crippen LogP contribution in [0.15, 0.2) is 23.1 Å². The van der Waals surface area contributed by atoms with Crippen LogP contribution in [0, 0.1) is 12.8 Å². The van der Waals surface area contributed by atoms with Gasteiger partial charge in [0.15, 0.2) is 0 Å². The summed E-state index contributed by atoms with van der Waals surface area (Å²) in [5.74, 6) is -1.27. The lowest BCUT2D eigenvalue weighted by Gasteiger charge is -2.18. The van der Waals surface area contributed by atoms with Crippen molar-refractivity contribution < 1.29 is 23.1 Å². The second kappa shape index (κ2) is 6.23. The van der Waals surface area contributed by atoms with Crippen molar-refractivity contribution in [2.24, 2.45) is 5.92 Å². The highest BCUT2D eigenvalue weighted by Crippen LogP contribution is 2.21. The number of sulfonamides is 1. The molecule has 6 nitrogen and oxygen atoms in total. The first-order valence-corrected chi connectivity index (χ1v) is 7.57. The monoisotopic (exact) mass is 301 g/mol. The number of benzene rings is 1. The van der Waals surface area contributed by atoms with Crippen LogP contribution in [0.25, 0.3) is 0 Å². The molecule has 0 aliphatic carbocycles. The number of rotatable bonds is 6. The van der Waals surface area contributed by atoms with Crippen LogP contribution >= 0.6 is 0 Å². The molecule has 2 atom stereocenters. The second-order valence-electron chi connectivity index (χ2n) is 4.67. The van der Waals surface area contributed by atoms with Gasteiger partial charge < -0.3 is 9.84 Å². The summed E-state index contributed by atoms with van der Waals surface area (Å²) < 4.78 is 31.8. The normalized spacial score (nSPS) is 14.6. The topological polar surface area (TPSA) is 92.7 Å². The molecule has 2 unspecified atom stereocenters. The molecule has 2 N–H and O–H groups in total. The molecule has 0 saturated carbocycles. The van der Waals surface area contributed by atoms with E-state index in [1.54, 1.807) is 13.0 Å². The molecule has 0 aliphatic heterocycles. The highest BCUT2D eigenvalue weighted by Gasteiger charge is 2.25. The molecule has 20 heavy (non-hydrogen) atoms. The van der Waals surface area contributed by atoms with Gasteiger partial charge in [-0.2, -0.15) is 0 Å². The number of ether oxygens (including phenoxy) is 1. The molecule has 0 spiro atoms. The van der Waals surface area contributed by atoms with Gasteiger partial charge in [-0.1, -0.05) is 6.92 Å². The standard InChI is InChI=1S/C13H19NO5S/c1-8-7-11(5-6-12(8)19-4)20(17,18)14-10(3)9(2)13(15)16/h5-7,9-10,14H,1-4H3,(H,15,16). The van der Waals surface area contributed by atoms with Crippen molar-refractivity contribution in [2.45, 2.75) is 31.7 Å². The number of hydrogen-bond acceptors (Lipinski definition) is 4. The van der Waals surface area contributed by atoms with Crippen molar-refractivity contribution >= 4 is 16.0 Å². The quantitative estimate of drug-likeness (QED) is 0.828. The van der Waals surface area contributed by atoms with E-state index in [1.165, 1.54) is 33.1 Å². The molecular formula is C13H19NO5S. The number of carboxylic acids is 1. The molecule has 1 aromatic carbocycles. The van der Waals surface area contributed by atoms with Crippen LogP contribution in [-0.4, -0.2) is 32.6 Å². The zero-order valence-electron chi connectivity index (χ0n) is 11.9. The van der Waals surface area contributed by atoms with E-state index in [0.29, 0.717) is 11.3 Å². The molecular weight excluding hydrogens is 282 g/mol. The zero-order valence-corrected chi connectivity index (χ0v) is 12.7. The minimum absolute atomic E-state index is 0.0836. The largest absolute Gasteiger partial charge is 0.496 e. The number of aliphatic carboxylic acids is 1. The van der Waals surface area contributed by atoms with Gasteiger partial charge in [-0.15, -0.1) is 0 Å². The molecule has 0 fully saturated rings. The molecule has 112 valence electrons. The lowest BCUT2D eigenvalue weighted by molar-refractivity contribution is -0.141. The molecule has 0 amide bonds. The SMILES string of the molecule is COc1ccc(S(=O)(=O)NC(C)C(C)C(=O)O)cc1C. The van der Waals surface area contributed by atoms with Crippen molar-refractivity contribution in [1.82, 2.24) is 4.72 Å². The van der Waals surface area contributed by atoms with Crippen LogP contribution in [0.5, 0.6) is 5.75 Å². The summed E-state index contributed by atoms with van der Waals surface area (Å²) in [7, 11) is -2.25. The van der Waals surface area contributed by atoms with E-state index in [-0.39, 0.29) is 4.90 Å². The molecule has 0 radical (unpaired) electrons. The summed E-state index contributed by atoms with van der Waals surface area (Å²) in [6, 6.07) is 3.76. The van der Waals surface area contributed by atoms with Gasteiger partial charge in [-0.05, 0) is 37.6 Å². The lowest BCUT2D eigenvalue weighted by atomic mass is 10.1. The molecule has 0 aromatic heterocycles. The van der Waals surface area contributed by atoms with E-state index in [4.69, 9.17) is 9.84 Å². The van der Waals surface area contributed by atoms with E-state index < -0.39 is 28.0 Å². The number of nitrogens with one attached hydrogen (secondary N) is 1. The Balaban J connectivity index is 3.00. The van der Waals surface area contributed by atoms with Crippen molar-refractivity contribution in [3.05, 3.63) is 23.8 Å². The van der Waals surface area contributed by atoms with Crippen molar-refractivity contribution in [1.29, 1.82) is 0 Å². The Morgan fingerprint density at radius 1 is 1.35 bits per heavy atom. The molecule has 0 aliphatic rings. The summed E-state index contributed by atoms with van der Waals surface area (Å²) in [6.45, 7) is 4.71. The van der Waals surface area contributed by atoms with Crippen molar-refractivity contribution in [3.63, 3.8) is 0 Å². The molecule has 0 heterocycles. The highest BCUT2D eigenvalue weighted by molar-refractivity contribution is 7.89. The average Bonchev–Trinajstić information content (AvgIpc) is 2.36. The van der Waals surface area contributed by atoms with E-state index in [2.05, 4.69) is 4.72 Å². The predicted octanol–water partition coefficient (Wildman–Crippen LogP) is 1.39. The molecule has 1 rings (SSSR count). The van der Waals surface area contributed by atoms with E-state index >= 15 is 0 Å². The number of aryl methyl sites for hydroxylation is 1. The van der Waals surface area contributed by atoms with Gasteiger partial charge >= 0.3 is 5.97 Å². The molecule has 7 heteroatoms. The lowest BCUT2D eigenvalue weighted by Crippen LogP contribution is -2.39. The summed E-state index contributed by atoms with van der Waals surface area (Å²) >= 11 is 0. The number of carboxylic acid groups (broad SMARTS) is 1. The van der Waals surface area contributed by atoms with E-state index in [0.717, 1.165) is 0 Å². The van der Waals surface area contributed by atoms with Gasteiger partial charge in [-0.3, -0.25) is 4.79 Å². The number of methoxy groups -OCH3 is 1. The Morgan fingerprint density at radius 2 is 1.95 bits per heavy atom. The van der Waals surface area contributed by atoms with Crippen LogP contribution in [-0.2, 0) is 14.8 Å². The molecule has 1 aromatic rings. The van der Waals surface area contributed by atoms with Crippen LogP contribution in [0.1, 0.15) is 19.4 Å². The summed E-state index contributed by atoms with van der Waals surface area (Å²) in [6.07, 6.45) is 0. The Labute approximate surface area is 118 Å². The summed E-state index contributed by atoms with van der Waals surface area (Å²) in [4.78, 5) is 10.9.